The Morgan fingerprint density at radius 3 is 2.72 bits per heavy atom. The maximum absolute atomic E-state index is 13.1. The van der Waals surface area contributed by atoms with Crippen molar-refractivity contribution in [2.45, 2.75) is 55.9 Å². The van der Waals surface area contributed by atoms with E-state index in [4.69, 9.17) is 0 Å². The average Bonchev–Trinajstić information content (AvgIpc) is 3.13. The molecule has 2 heterocycles. The van der Waals surface area contributed by atoms with Gasteiger partial charge in [-0.3, -0.25) is 4.79 Å². The number of amides is 1. The Morgan fingerprint density at radius 1 is 1.41 bits per heavy atom. The van der Waals surface area contributed by atoms with Crippen LogP contribution in [0.3, 0.4) is 0 Å². The Labute approximate surface area is 171 Å². The van der Waals surface area contributed by atoms with Crippen LogP contribution in [0.4, 0.5) is 13.2 Å². The summed E-state index contributed by atoms with van der Waals surface area (Å²) >= 11 is 1.15. The molecule has 1 aromatic carbocycles. The molecule has 0 aliphatic carbocycles. The molecule has 1 aliphatic rings. The summed E-state index contributed by atoms with van der Waals surface area (Å²) in [5.41, 5.74) is 0.0640. The summed E-state index contributed by atoms with van der Waals surface area (Å²) in [4.78, 5) is 16.9. The first-order valence-corrected chi connectivity index (χ1v) is 11.9. The van der Waals surface area contributed by atoms with Crippen molar-refractivity contribution in [3.05, 3.63) is 23.8 Å². The normalized spacial score (nSPS) is 20.1. The number of carbonyl (C=O) groups is 1. The van der Waals surface area contributed by atoms with E-state index in [-0.39, 0.29) is 17.4 Å². The monoisotopic (exact) mass is 449 g/mol. The van der Waals surface area contributed by atoms with E-state index in [1.807, 2.05) is 6.92 Å². The van der Waals surface area contributed by atoms with Gasteiger partial charge in [0.15, 0.2) is 15.0 Å². The van der Waals surface area contributed by atoms with Crippen LogP contribution in [0.5, 0.6) is 0 Å². The summed E-state index contributed by atoms with van der Waals surface area (Å²) in [6.07, 6.45) is -3.37. The van der Waals surface area contributed by atoms with Crippen molar-refractivity contribution in [2.75, 3.05) is 11.5 Å². The second kappa shape index (κ2) is 8.17. The van der Waals surface area contributed by atoms with Crippen molar-refractivity contribution in [1.29, 1.82) is 0 Å². The van der Waals surface area contributed by atoms with Crippen LogP contribution in [0, 0.1) is 0 Å². The van der Waals surface area contributed by atoms with Gasteiger partial charge in [-0.1, -0.05) is 18.7 Å². The number of rotatable bonds is 6. The van der Waals surface area contributed by atoms with E-state index in [1.54, 1.807) is 11.5 Å². The molecule has 0 saturated carbocycles. The molecule has 2 aromatic rings. The van der Waals surface area contributed by atoms with Gasteiger partial charge in [-0.25, -0.2) is 13.4 Å². The van der Waals surface area contributed by atoms with Gasteiger partial charge >= 0.3 is 6.18 Å². The van der Waals surface area contributed by atoms with Crippen molar-refractivity contribution in [3.8, 4) is 0 Å². The fraction of sp³-hybridized carbons (Fsp3) is 0.556. The van der Waals surface area contributed by atoms with E-state index in [0.717, 1.165) is 23.9 Å². The fourth-order valence-electron chi connectivity index (χ4n) is 3.25. The lowest BCUT2D eigenvalue weighted by atomic mass is 10.2. The largest absolute Gasteiger partial charge is 0.416 e. The third-order valence-electron chi connectivity index (χ3n) is 4.72. The number of imidazole rings is 1. The Hall–Kier alpha value is -1.75. The van der Waals surface area contributed by atoms with E-state index in [2.05, 4.69) is 10.3 Å². The van der Waals surface area contributed by atoms with Crippen molar-refractivity contribution in [2.24, 2.45) is 0 Å². The minimum absolute atomic E-state index is 0.0628. The summed E-state index contributed by atoms with van der Waals surface area (Å²) in [6, 6.07) is 3.01. The Morgan fingerprint density at radius 2 is 2.14 bits per heavy atom. The highest BCUT2D eigenvalue weighted by Gasteiger charge is 2.32. The first-order valence-electron chi connectivity index (χ1n) is 9.25. The molecule has 160 valence electrons. The van der Waals surface area contributed by atoms with Crippen LogP contribution in [0.25, 0.3) is 11.0 Å². The van der Waals surface area contributed by atoms with Crippen molar-refractivity contribution >= 4 is 38.5 Å². The molecule has 0 spiro atoms. The molecule has 2 atom stereocenters. The third kappa shape index (κ3) is 5.06. The molecule has 11 heteroatoms. The molecule has 2 unspecified atom stereocenters. The van der Waals surface area contributed by atoms with Gasteiger partial charge in [0.25, 0.3) is 0 Å². The third-order valence-corrected chi connectivity index (χ3v) is 7.58. The van der Waals surface area contributed by atoms with Gasteiger partial charge in [-0.2, -0.15) is 13.2 Å². The standard InChI is InChI=1S/C18H22F3N3O3S2/c1-3-7-24-15-9-12(18(19,20)21)4-5-14(15)23-17(24)28-11(2)16(25)22-13-6-8-29(26,27)10-13/h4-5,9,11,13H,3,6-8,10H2,1-2H3,(H,22,25). The summed E-state index contributed by atoms with van der Waals surface area (Å²) in [5, 5.41) is 2.63. The van der Waals surface area contributed by atoms with Gasteiger partial charge in [0.2, 0.25) is 5.91 Å². The lowest BCUT2D eigenvalue weighted by Crippen LogP contribution is -2.40. The highest BCUT2D eigenvalue weighted by Crippen LogP contribution is 2.34. The van der Waals surface area contributed by atoms with Crippen LogP contribution in [-0.2, 0) is 27.4 Å². The molecule has 1 aliphatic heterocycles. The van der Waals surface area contributed by atoms with Gasteiger partial charge in [0.05, 0.1) is 33.4 Å². The molecule has 0 bridgehead atoms. The summed E-state index contributed by atoms with van der Waals surface area (Å²) < 4.78 is 64.0. The average molecular weight is 450 g/mol. The first kappa shape index (κ1) is 21.9. The van der Waals surface area contributed by atoms with Gasteiger partial charge in [-0.05, 0) is 38.0 Å². The molecule has 1 fully saturated rings. The van der Waals surface area contributed by atoms with Gasteiger partial charge in [0, 0.05) is 12.6 Å². The minimum Gasteiger partial charge on any atom is -0.351 e. The first-order chi connectivity index (χ1) is 13.5. The summed E-state index contributed by atoms with van der Waals surface area (Å²) in [7, 11) is -3.10. The van der Waals surface area contributed by atoms with E-state index >= 15 is 0 Å². The zero-order chi connectivity index (χ0) is 21.4. The maximum atomic E-state index is 13.1. The number of nitrogens with one attached hydrogen (secondary N) is 1. The Balaban J connectivity index is 1.81. The number of thioether (sulfide) groups is 1. The highest BCUT2D eigenvalue weighted by atomic mass is 32.2. The number of aromatic nitrogens is 2. The minimum atomic E-state index is -4.45. The van der Waals surface area contributed by atoms with Crippen LogP contribution in [-0.4, -0.2) is 46.7 Å². The van der Waals surface area contributed by atoms with Crippen molar-refractivity contribution in [1.82, 2.24) is 14.9 Å². The van der Waals surface area contributed by atoms with Crippen LogP contribution in [0.15, 0.2) is 23.4 Å². The molecular formula is C18H22F3N3O3S2. The summed E-state index contributed by atoms with van der Waals surface area (Å²) in [5.74, 6) is -0.318. The second-order valence-electron chi connectivity index (χ2n) is 7.12. The predicted octanol–water partition coefficient (Wildman–Crippen LogP) is 3.25. The number of sulfone groups is 1. The molecule has 1 amide bonds. The second-order valence-corrected chi connectivity index (χ2v) is 10.7. The van der Waals surface area contributed by atoms with Gasteiger partial charge in [0.1, 0.15) is 0 Å². The molecule has 29 heavy (non-hydrogen) atoms. The van der Waals surface area contributed by atoms with E-state index in [0.29, 0.717) is 35.6 Å². The lowest BCUT2D eigenvalue weighted by Gasteiger charge is -2.16. The lowest BCUT2D eigenvalue weighted by molar-refractivity contribution is -0.137. The molecule has 1 saturated heterocycles. The fourth-order valence-corrected chi connectivity index (χ4v) is 5.88. The number of aryl methyl sites for hydroxylation is 1. The number of alkyl halides is 3. The zero-order valence-corrected chi connectivity index (χ0v) is 17.6. The zero-order valence-electron chi connectivity index (χ0n) is 16.0. The molecule has 6 nitrogen and oxygen atoms in total. The molecule has 3 rings (SSSR count). The number of fused-ring (bicyclic) bond motifs is 1. The number of nitrogens with zero attached hydrogens (tertiary/aromatic N) is 2. The van der Waals surface area contributed by atoms with Crippen LogP contribution >= 0.6 is 11.8 Å². The van der Waals surface area contributed by atoms with Gasteiger partial charge < -0.3 is 9.88 Å². The predicted molar refractivity (Wildman–Crippen MR) is 106 cm³/mol. The van der Waals surface area contributed by atoms with Crippen LogP contribution in [0.1, 0.15) is 32.3 Å². The summed E-state index contributed by atoms with van der Waals surface area (Å²) in [6.45, 7) is 4.04. The Bertz CT molecular complexity index is 1020. The maximum Gasteiger partial charge on any atom is 0.416 e. The smallest absolute Gasteiger partial charge is 0.351 e. The topological polar surface area (TPSA) is 81.1 Å². The SMILES string of the molecule is CCCn1c(SC(C)C(=O)NC2CCS(=O)(=O)C2)nc2ccc(C(F)(F)F)cc21. The Kier molecular flexibility index (Phi) is 6.19. The van der Waals surface area contributed by atoms with E-state index in [1.165, 1.54) is 6.07 Å². The van der Waals surface area contributed by atoms with Crippen LogP contribution < -0.4 is 5.32 Å². The molecule has 1 aromatic heterocycles. The van der Waals surface area contributed by atoms with Crippen LogP contribution in [0.2, 0.25) is 0 Å². The van der Waals surface area contributed by atoms with Crippen molar-refractivity contribution < 1.29 is 26.4 Å². The number of halogens is 3. The molecule has 1 N–H and O–H groups in total. The highest BCUT2D eigenvalue weighted by molar-refractivity contribution is 8.00. The molecule has 0 radical (unpaired) electrons. The molecular weight excluding hydrogens is 427 g/mol. The van der Waals surface area contributed by atoms with E-state index < -0.39 is 32.9 Å². The number of carbonyl (C=O) groups excluding carboxylic acids is 1. The number of hydrogen-bond acceptors (Lipinski definition) is 5. The quantitative estimate of drug-likeness (QED) is 0.685. The van der Waals surface area contributed by atoms with Gasteiger partial charge in [-0.15, -0.1) is 0 Å². The number of benzene rings is 1. The van der Waals surface area contributed by atoms with E-state index in [9.17, 15) is 26.4 Å². The number of hydrogen-bond donors (Lipinski definition) is 1. The van der Waals surface area contributed by atoms with Crippen molar-refractivity contribution in [3.63, 3.8) is 0 Å².